The predicted molar refractivity (Wildman–Crippen MR) is 88.1 cm³/mol. The first-order chi connectivity index (χ1) is 9.79. The minimum atomic E-state index is -3.73. The molecule has 1 unspecified atom stereocenters. The Hall–Kier alpha value is -1.57. The van der Waals surface area contributed by atoms with Gasteiger partial charge in [-0.1, -0.05) is 6.07 Å². The van der Waals surface area contributed by atoms with Gasteiger partial charge in [0.15, 0.2) is 0 Å². The van der Waals surface area contributed by atoms with Gasteiger partial charge in [-0.15, -0.1) is 11.3 Å². The van der Waals surface area contributed by atoms with E-state index in [0.29, 0.717) is 11.4 Å². The van der Waals surface area contributed by atoms with E-state index in [1.807, 2.05) is 23.4 Å². The van der Waals surface area contributed by atoms with Gasteiger partial charge in [0, 0.05) is 24.4 Å². The third kappa shape index (κ3) is 3.75. The molecule has 1 atom stereocenters. The van der Waals surface area contributed by atoms with Crippen LogP contribution in [0.1, 0.15) is 11.8 Å². The van der Waals surface area contributed by atoms with Crippen LogP contribution in [0.2, 0.25) is 0 Å². The molecule has 2 aromatic rings. The van der Waals surface area contributed by atoms with Crippen LogP contribution >= 0.6 is 11.3 Å². The average Bonchev–Trinajstić information content (AvgIpc) is 2.90. The first kappa shape index (κ1) is 15.8. The summed E-state index contributed by atoms with van der Waals surface area (Å²) in [6.07, 6.45) is 0.868. The lowest BCUT2D eigenvalue weighted by molar-refractivity contribution is 0.597. The maximum absolute atomic E-state index is 11.5. The summed E-state index contributed by atoms with van der Waals surface area (Å²) in [7, 11) is -1.83. The minimum absolute atomic E-state index is 0.0712. The first-order valence-electron chi connectivity index (χ1n) is 6.46. The van der Waals surface area contributed by atoms with Gasteiger partial charge >= 0.3 is 0 Å². The van der Waals surface area contributed by atoms with Crippen LogP contribution in [-0.2, 0) is 16.4 Å². The summed E-state index contributed by atoms with van der Waals surface area (Å²) < 4.78 is 22.9. The molecule has 21 heavy (non-hydrogen) atoms. The Kier molecular flexibility index (Phi) is 4.55. The summed E-state index contributed by atoms with van der Waals surface area (Å²) in [6, 6.07) is 8.80. The first-order valence-corrected chi connectivity index (χ1v) is 8.89. The predicted octanol–water partition coefficient (Wildman–Crippen LogP) is 2.05. The maximum atomic E-state index is 11.5. The van der Waals surface area contributed by atoms with Gasteiger partial charge in [-0.2, -0.15) is 0 Å². The highest BCUT2D eigenvalue weighted by Gasteiger charge is 2.17. The smallest absolute Gasteiger partial charge is 0.238 e. The molecule has 7 heteroatoms. The number of thiophene rings is 1. The molecule has 1 aromatic carbocycles. The second-order valence-electron chi connectivity index (χ2n) is 5.01. The Bertz CT molecular complexity index is 712. The quantitative estimate of drug-likeness (QED) is 0.823. The molecule has 4 N–H and O–H groups in total. The van der Waals surface area contributed by atoms with Crippen LogP contribution in [0.15, 0.2) is 40.6 Å². The fraction of sp³-hybridized carbons (Fsp3) is 0.286. The Morgan fingerprint density at radius 2 is 2.05 bits per heavy atom. The number of nitrogens with zero attached hydrogens (tertiary/aromatic N) is 1. The number of nitrogen functional groups attached to an aromatic ring is 1. The Labute approximate surface area is 129 Å². The molecule has 0 saturated heterocycles. The van der Waals surface area contributed by atoms with E-state index in [2.05, 4.69) is 13.0 Å². The highest BCUT2D eigenvalue weighted by molar-refractivity contribution is 7.89. The van der Waals surface area contributed by atoms with E-state index in [9.17, 15) is 8.42 Å². The minimum Gasteiger partial charge on any atom is -0.397 e. The van der Waals surface area contributed by atoms with E-state index in [4.69, 9.17) is 10.9 Å². The number of anilines is 2. The van der Waals surface area contributed by atoms with Crippen molar-refractivity contribution >= 4 is 32.7 Å². The number of likely N-dealkylation sites (N-methyl/N-ethyl adjacent to an activating group) is 1. The normalized spacial score (nSPS) is 13.1. The highest BCUT2D eigenvalue weighted by Crippen LogP contribution is 2.28. The topological polar surface area (TPSA) is 89.4 Å². The molecule has 1 aromatic heterocycles. The fourth-order valence-corrected chi connectivity index (χ4v) is 3.46. The van der Waals surface area contributed by atoms with E-state index < -0.39 is 10.0 Å². The highest BCUT2D eigenvalue weighted by atomic mass is 32.2. The van der Waals surface area contributed by atoms with Gasteiger partial charge in [-0.05, 0) is 36.6 Å². The monoisotopic (exact) mass is 325 g/mol. The molecule has 0 aliphatic rings. The summed E-state index contributed by atoms with van der Waals surface area (Å²) in [5, 5.41) is 7.22. The second-order valence-corrected chi connectivity index (χ2v) is 7.60. The van der Waals surface area contributed by atoms with Crippen LogP contribution in [0.4, 0.5) is 11.4 Å². The molecule has 0 radical (unpaired) electrons. The van der Waals surface area contributed by atoms with Gasteiger partial charge in [0.2, 0.25) is 10.0 Å². The summed E-state index contributed by atoms with van der Waals surface area (Å²) in [6.45, 7) is 2.07. The van der Waals surface area contributed by atoms with Gasteiger partial charge in [0.1, 0.15) is 0 Å². The van der Waals surface area contributed by atoms with Crippen molar-refractivity contribution in [2.75, 3.05) is 17.7 Å². The molecule has 0 bridgehead atoms. The SMILES string of the molecule is CC(Cc1cccs1)N(C)c1cc(S(N)(=O)=O)ccc1N. The lowest BCUT2D eigenvalue weighted by Crippen LogP contribution is -2.31. The molecule has 114 valence electrons. The summed E-state index contributed by atoms with van der Waals surface area (Å²) >= 11 is 1.70. The van der Waals surface area contributed by atoms with E-state index >= 15 is 0 Å². The van der Waals surface area contributed by atoms with Gasteiger partial charge in [0.25, 0.3) is 0 Å². The number of nitrogens with two attached hydrogens (primary N) is 2. The van der Waals surface area contributed by atoms with Crippen molar-refractivity contribution in [2.24, 2.45) is 5.14 Å². The van der Waals surface area contributed by atoms with Crippen LogP contribution in [0, 0.1) is 0 Å². The van der Waals surface area contributed by atoms with E-state index in [1.54, 1.807) is 17.4 Å². The van der Waals surface area contributed by atoms with Crippen LogP contribution in [0.3, 0.4) is 0 Å². The van der Waals surface area contributed by atoms with Gasteiger partial charge in [0.05, 0.1) is 16.3 Å². The molecule has 0 spiro atoms. The van der Waals surface area contributed by atoms with Crippen molar-refractivity contribution in [3.8, 4) is 0 Å². The van der Waals surface area contributed by atoms with Crippen molar-refractivity contribution in [1.82, 2.24) is 0 Å². The molecule has 0 saturated carbocycles. The van der Waals surface area contributed by atoms with E-state index in [1.165, 1.54) is 17.0 Å². The second kappa shape index (κ2) is 6.05. The molecular formula is C14H19N3O2S2. The summed E-state index contributed by atoms with van der Waals surface area (Å²) in [5.74, 6) is 0. The largest absolute Gasteiger partial charge is 0.397 e. The number of rotatable bonds is 5. The third-order valence-corrected chi connectivity index (χ3v) is 5.26. The fourth-order valence-electron chi connectivity index (χ4n) is 2.10. The average molecular weight is 325 g/mol. The zero-order chi connectivity index (χ0) is 15.6. The summed E-state index contributed by atoms with van der Waals surface area (Å²) in [4.78, 5) is 3.32. The van der Waals surface area contributed by atoms with Crippen LogP contribution in [0.5, 0.6) is 0 Å². The molecule has 0 fully saturated rings. The van der Waals surface area contributed by atoms with Crippen molar-refractivity contribution in [3.63, 3.8) is 0 Å². The van der Waals surface area contributed by atoms with Crippen molar-refractivity contribution in [1.29, 1.82) is 0 Å². The number of sulfonamides is 1. The zero-order valence-corrected chi connectivity index (χ0v) is 13.6. The number of primary sulfonamides is 1. The van der Waals surface area contributed by atoms with Crippen molar-refractivity contribution in [2.45, 2.75) is 24.3 Å². The lowest BCUT2D eigenvalue weighted by Gasteiger charge is -2.28. The molecule has 0 aliphatic heterocycles. The number of hydrogen-bond donors (Lipinski definition) is 2. The van der Waals surface area contributed by atoms with Gasteiger partial charge in [-0.3, -0.25) is 0 Å². The zero-order valence-electron chi connectivity index (χ0n) is 12.0. The maximum Gasteiger partial charge on any atom is 0.238 e. The third-order valence-electron chi connectivity index (χ3n) is 3.45. The lowest BCUT2D eigenvalue weighted by atomic mass is 10.1. The molecule has 2 rings (SSSR count). The van der Waals surface area contributed by atoms with Crippen LogP contribution < -0.4 is 15.8 Å². The van der Waals surface area contributed by atoms with Gasteiger partial charge < -0.3 is 10.6 Å². The van der Waals surface area contributed by atoms with Crippen LogP contribution in [-0.4, -0.2) is 21.5 Å². The molecule has 0 aliphatic carbocycles. The number of benzene rings is 1. The summed E-state index contributed by atoms with van der Waals surface area (Å²) in [5.41, 5.74) is 7.17. The van der Waals surface area contributed by atoms with E-state index in [0.717, 1.165) is 6.42 Å². The molecule has 1 heterocycles. The molecular weight excluding hydrogens is 306 g/mol. The van der Waals surface area contributed by atoms with Crippen molar-refractivity contribution < 1.29 is 8.42 Å². The van der Waals surface area contributed by atoms with E-state index in [-0.39, 0.29) is 10.9 Å². The molecule has 5 nitrogen and oxygen atoms in total. The Morgan fingerprint density at radius 1 is 1.33 bits per heavy atom. The Balaban J connectivity index is 2.27. The molecule has 0 amide bonds. The van der Waals surface area contributed by atoms with Gasteiger partial charge in [-0.25, -0.2) is 13.6 Å². The standard InChI is InChI=1S/C14H19N3O2S2/c1-10(8-11-4-3-7-20-11)17(2)14-9-12(21(16,18)19)5-6-13(14)15/h3-7,9-10H,8,15H2,1-2H3,(H2,16,18,19). The number of hydrogen-bond acceptors (Lipinski definition) is 5. The van der Waals surface area contributed by atoms with Crippen molar-refractivity contribution in [3.05, 3.63) is 40.6 Å². The Morgan fingerprint density at radius 3 is 2.62 bits per heavy atom. The van der Waals surface area contributed by atoms with Crippen LogP contribution in [0.25, 0.3) is 0 Å².